The molecule has 0 bridgehead atoms. The Hall–Kier alpha value is -2.94. The van der Waals surface area contributed by atoms with Gasteiger partial charge in [-0.1, -0.05) is 43.0 Å². The zero-order chi connectivity index (χ0) is 15.1. The van der Waals surface area contributed by atoms with Crippen molar-refractivity contribution >= 4 is 23.5 Å². The number of hydrogen-bond acceptors (Lipinski definition) is 2. The van der Waals surface area contributed by atoms with Crippen molar-refractivity contribution in [1.82, 2.24) is 0 Å². The first-order valence-electron chi connectivity index (χ1n) is 6.50. The van der Waals surface area contributed by atoms with Crippen molar-refractivity contribution in [3.63, 3.8) is 0 Å². The standard InChI is InChI=1S/C18H15NO2/c1-2-18(21)19-16-11-9-15(10-12-16)17(20)13-8-14-6-4-3-5-7-14/h2-13H,1H2,(H,19,21)/b13-8+. The van der Waals surface area contributed by atoms with E-state index in [0.717, 1.165) is 5.56 Å². The van der Waals surface area contributed by atoms with Crippen molar-refractivity contribution in [3.8, 4) is 0 Å². The first kappa shape index (κ1) is 14.5. The highest BCUT2D eigenvalue weighted by molar-refractivity contribution is 6.07. The number of amides is 1. The highest BCUT2D eigenvalue weighted by atomic mass is 16.1. The average molecular weight is 277 g/mol. The van der Waals surface area contributed by atoms with Gasteiger partial charge < -0.3 is 5.32 Å². The molecule has 0 heterocycles. The van der Waals surface area contributed by atoms with Crippen molar-refractivity contribution in [2.24, 2.45) is 0 Å². The topological polar surface area (TPSA) is 46.2 Å². The summed E-state index contributed by atoms with van der Waals surface area (Å²) in [6, 6.07) is 16.3. The second-order valence-electron chi connectivity index (χ2n) is 4.38. The summed E-state index contributed by atoms with van der Waals surface area (Å²) in [6.45, 7) is 3.38. The van der Waals surface area contributed by atoms with Gasteiger partial charge in [-0.15, -0.1) is 0 Å². The van der Waals surface area contributed by atoms with Crippen LogP contribution in [0, 0.1) is 0 Å². The Morgan fingerprint density at radius 2 is 1.62 bits per heavy atom. The average Bonchev–Trinajstić information content (AvgIpc) is 2.54. The Bertz CT molecular complexity index is 670. The predicted octanol–water partition coefficient (Wildman–Crippen LogP) is 3.71. The highest BCUT2D eigenvalue weighted by Gasteiger charge is 2.02. The molecule has 3 heteroatoms. The molecule has 0 fully saturated rings. The summed E-state index contributed by atoms with van der Waals surface area (Å²) in [7, 11) is 0. The number of benzene rings is 2. The van der Waals surface area contributed by atoms with Crippen LogP contribution < -0.4 is 5.32 Å². The lowest BCUT2D eigenvalue weighted by Gasteiger charge is -2.02. The molecule has 1 amide bonds. The van der Waals surface area contributed by atoms with Gasteiger partial charge in [0.25, 0.3) is 0 Å². The molecule has 0 saturated carbocycles. The van der Waals surface area contributed by atoms with E-state index in [9.17, 15) is 9.59 Å². The number of allylic oxidation sites excluding steroid dienone is 1. The minimum Gasteiger partial charge on any atom is -0.323 e. The molecule has 0 aliphatic carbocycles. The fourth-order valence-corrected chi connectivity index (χ4v) is 1.74. The van der Waals surface area contributed by atoms with Crippen LogP contribution in [0.1, 0.15) is 15.9 Å². The van der Waals surface area contributed by atoms with Crippen LogP contribution in [-0.2, 0) is 4.79 Å². The third-order valence-corrected chi connectivity index (χ3v) is 2.85. The van der Waals surface area contributed by atoms with E-state index in [1.807, 2.05) is 30.3 Å². The van der Waals surface area contributed by atoms with Crippen LogP contribution in [0.2, 0.25) is 0 Å². The summed E-state index contributed by atoms with van der Waals surface area (Å²) in [5.74, 6) is -0.362. The van der Waals surface area contributed by atoms with Crippen LogP contribution in [0.3, 0.4) is 0 Å². The Morgan fingerprint density at radius 1 is 0.952 bits per heavy atom. The minimum atomic E-state index is -0.280. The molecule has 21 heavy (non-hydrogen) atoms. The van der Waals surface area contributed by atoms with Crippen LogP contribution in [0.5, 0.6) is 0 Å². The first-order chi connectivity index (χ1) is 10.2. The fraction of sp³-hybridized carbons (Fsp3) is 0. The van der Waals surface area contributed by atoms with E-state index >= 15 is 0 Å². The van der Waals surface area contributed by atoms with E-state index < -0.39 is 0 Å². The number of rotatable bonds is 5. The van der Waals surface area contributed by atoms with E-state index in [0.29, 0.717) is 11.3 Å². The van der Waals surface area contributed by atoms with E-state index in [2.05, 4.69) is 11.9 Å². The molecule has 0 unspecified atom stereocenters. The van der Waals surface area contributed by atoms with E-state index in [4.69, 9.17) is 0 Å². The smallest absolute Gasteiger partial charge is 0.247 e. The summed E-state index contributed by atoms with van der Waals surface area (Å²) >= 11 is 0. The molecule has 0 aliphatic rings. The Balaban J connectivity index is 2.05. The second kappa shape index (κ2) is 7.01. The number of nitrogens with one attached hydrogen (secondary N) is 1. The van der Waals surface area contributed by atoms with Gasteiger partial charge in [0.1, 0.15) is 0 Å². The Labute approximate surface area is 123 Å². The van der Waals surface area contributed by atoms with Gasteiger partial charge in [-0.2, -0.15) is 0 Å². The largest absolute Gasteiger partial charge is 0.323 e. The molecule has 3 nitrogen and oxygen atoms in total. The van der Waals surface area contributed by atoms with Gasteiger partial charge in [0.2, 0.25) is 5.91 Å². The SMILES string of the molecule is C=CC(=O)Nc1ccc(C(=O)/C=C/c2ccccc2)cc1. The van der Waals surface area contributed by atoms with Gasteiger partial charge in [-0.05, 0) is 42.0 Å². The first-order valence-corrected chi connectivity index (χ1v) is 6.50. The normalized spacial score (nSPS) is 10.3. The van der Waals surface area contributed by atoms with Crippen molar-refractivity contribution in [1.29, 1.82) is 0 Å². The van der Waals surface area contributed by atoms with Crippen molar-refractivity contribution in [2.45, 2.75) is 0 Å². The molecule has 2 aromatic carbocycles. The van der Waals surface area contributed by atoms with Crippen LogP contribution in [-0.4, -0.2) is 11.7 Å². The minimum absolute atomic E-state index is 0.0829. The molecule has 0 radical (unpaired) electrons. The molecule has 0 aliphatic heterocycles. The summed E-state index contributed by atoms with van der Waals surface area (Å²) < 4.78 is 0. The van der Waals surface area contributed by atoms with Crippen LogP contribution in [0.25, 0.3) is 6.08 Å². The van der Waals surface area contributed by atoms with E-state index in [1.165, 1.54) is 12.2 Å². The number of carbonyl (C=O) groups excluding carboxylic acids is 2. The zero-order valence-corrected chi connectivity index (χ0v) is 11.5. The molecule has 0 aromatic heterocycles. The quantitative estimate of drug-likeness (QED) is 0.669. The third-order valence-electron chi connectivity index (χ3n) is 2.85. The van der Waals surface area contributed by atoms with E-state index in [1.54, 1.807) is 30.3 Å². The maximum Gasteiger partial charge on any atom is 0.247 e. The number of carbonyl (C=O) groups is 2. The molecule has 0 atom stereocenters. The maximum atomic E-state index is 12.0. The second-order valence-corrected chi connectivity index (χ2v) is 4.38. The fourth-order valence-electron chi connectivity index (χ4n) is 1.74. The molecule has 1 N–H and O–H groups in total. The number of hydrogen-bond donors (Lipinski definition) is 1. The maximum absolute atomic E-state index is 12.0. The lowest BCUT2D eigenvalue weighted by atomic mass is 10.1. The van der Waals surface area contributed by atoms with Crippen LogP contribution >= 0.6 is 0 Å². The van der Waals surface area contributed by atoms with Crippen molar-refractivity contribution < 1.29 is 9.59 Å². The molecular formula is C18H15NO2. The molecular weight excluding hydrogens is 262 g/mol. The molecule has 104 valence electrons. The van der Waals surface area contributed by atoms with E-state index in [-0.39, 0.29) is 11.7 Å². The van der Waals surface area contributed by atoms with Crippen LogP contribution in [0.4, 0.5) is 5.69 Å². The van der Waals surface area contributed by atoms with Gasteiger partial charge in [0, 0.05) is 11.3 Å². The Morgan fingerprint density at radius 3 is 2.24 bits per heavy atom. The molecule has 2 rings (SSSR count). The molecule has 2 aromatic rings. The summed E-state index contributed by atoms with van der Waals surface area (Å²) in [5, 5.41) is 2.63. The van der Waals surface area contributed by atoms with Gasteiger partial charge in [0.15, 0.2) is 5.78 Å². The van der Waals surface area contributed by atoms with Gasteiger partial charge in [-0.3, -0.25) is 9.59 Å². The van der Waals surface area contributed by atoms with Crippen LogP contribution in [0.15, 0.2) is 73.3 Å². The molecule has 0 saturated heterocycles. The highest BCUT2D eigenvalue weighted by Crippen LogP contribution is 2.11. The number of anilines is 1. The summed E-state index contributed by atoms with van der Waals surface area (Å²) in [5.41, 5.74) is 2.17. The van der Waals surface area contributed by atoms with Gasteiger partial charge in [0.05, 0.1) is 0 Å². The number of ketones is 1. The van der Waals surface area contributed by atoms with Gasteiger partial charge >= 0.3 is 0 Å². The zero-order valence-electron chi connectivity index (χ0n) is 11.5. The predicted molar refractivity (Wildman–Crippen MR) is 85.1 cm³/mol. The lowest BCUT2D eigenvalue weighted by Crippen LogP contribution is -2.07. The monoisotopic (exact) mass is 277 g/mol. The van der Waals surface area contributed by atoms with Gasteiger partial charge in [-0.25, -0.2) is 0 Å². The van der Waals surface area contributed by atoms with Crippen molar-refractivity contribution in [3.05, 3.63) is 84.5 Å². The molecule has 0 spiro atoms. The Kier molecular flexibility index (Phi) is 4.83. The summed E-state index contributed by atoms with van der Waals surface area (Å²) in [6.07, 6.45) is 4.50. The van der Waals surface area contributed by atoms with Crippen molar-refractivity contribution in [2.75, 3.05) is 5.32 Å². The summed E-state index contributed by atoms with van der Waals surface area (Å²) in [4.78, 5) is 23.2. The lowest BCUT2D eigenvalue weighted by molar-refractivity contribution is -0.111. The third kappa shape index (κ3) is 4.28.